The fourth-order valence-corrected chi connectivity index (χ4v) is 9.49. The van der Waals surface area contributed by atoms with Gasteiger partial charge in [-0.05, 0) is 54.2 Å². The van der Waals surface area contributed by atoms with Gasteiger partial charge in [0.2, 0.25) is 5.91 Å². The first-order valence-corrected chi connectivity index (χ1v) is 15.4. The summed E-state index contributed by atoms with van der Waals surface area (Å²) in [5.74, 6) is -1.68. The number of halogens is 1. The third kappa shape index (κ3) is 5.09. The molecule has 2 saturated carbocycles. The van der Waals surface area contributed by atoms with Crippen molar-refractivity contribution in [3.8, 4) is 0 Å². The third-order valence-electron chi connectivity index (χ3n) is 9.06. The van der Waals surface area contributed by atoms with Crippen LogP contribution in [-0.4, -0.2) is 37.3 Å². The van der Waals surface area contributed by atoms with Crippen LogP contribution in [0.1, 0.15) is 80.1 Å². The van der Waals surface area contributed by atoms with Gasteiger partial charge in [-0.25, -0.2) is 4.39 Å². The van der Waals surface area contributed by atoms with Gasteiger partial charge in [-0.3, -0.25) is 19.7 Å². The number of nitrogens with zero attached hydrogens (tertiary/aromatic N) is 2. The van der Waals surface area contributed by atoms with Crippen molar-refractivity contribution in [2.75, 3.05) is 0 Å². The summed E-state index contributed by atoms with van der Waals surface area (Å²) in [5, 5.41) is 16.8. The van der Waals surface area contributed by atoms with Crippen molar-refractivity contribution in [2.45, 2.75) is 86.4 Å². The smallest absolute Gasteiger partial charge is 0.270 e. The van der Waals surface area contributed by atoms with Crippen LogP contribution in [0.4, 0.5) is 10.1 Å². The van der Waals surface area contributed by atoms with E-state index in [4.69, 9.17) is 0 Å². The number of fused-ring (bicyclic) bond motifs is 1. The molecule has 2 spiro atoms. The molecule has 1 heterocycles. The quantitative estimate of drug-likeness (QED) is 0.258. The maximum absolute atomic E-state index is 15.2. The van der Waals surface area contributed by atoms with E-state index in [-0.39, 0.29) is 17.2 Å². The average molecular weight is 576 g/mol. The summed E-state index contributed by atoms with van der Waals surface area (Å²) in [5.41, 5.74) is 0.268. The van der Waals surface area contributed by atoms with E-state index in [1.807, 2.05) is 36.4 Å². The van der Waals surface area contributed by atoms with Crippen LogP contribution in [-0.2, 0) is 11.3 Å². The fraction of sp³-hybridized carbons (Fsp3) is 0.438. The number of carbonyl (C=O) groups excluding carboxylic acids is 2. The summed E-state index contributed by atoms with van der Waals surface area (Å²) in [4.78, 5) is 40.5. The highest BCUT2D eigenvalue weighted by atomic mass is 32.2. The molecule has 1 aliphatic heterocycles. The first kappa shape index (κ1) is 27.7. The second kappa shape index (κ2) is 11.1. The van der Waals surface area contributed by atoms with E-state index < -0.39 is 32.3 Å². The van der Waals surface area contributed by atoms with Gasteiger partial charge in [0.25, 0.3) is 11.6 Å². The van der Waals surface area contributed by atoms with Crippen LogP contribution in [0.25, 0.3) is 10.8 Å². The Morgan fingerprint density at radius 3 is 2.32 bits per heavy atom. The molecule has 1 N–H and O–H groups in total. The molecule has 7 nitrogen and oxygen atoms in total. The van der Waals surface area contributed by atoms with Crippen molar-refractivity contribution in [2.24, 2.45) is 0 Å². The SMILES string of the molecule is O=C(NCc1ccc2ccccc2c1)C1N(C(=O)c2cc([N+](=O)[O-])ccc2F)C2(CCCCC2)SC12CCCCC2. The van der Waals surface area contributed by atoms with Gasteiger partial charge in [-0.1, -0.05) is 74.9 Å². The molecule has 2 amide bonds. The number of nitro groups is 1. The van der Waals surface area contributed by atoms with Crippen LogP contribution in [0.15, 0.2) is 60.7 Å². The van der Waals surface area contributed by atoms with E-state index >= 15 is 4.39 Å². The average Bonchev–Trinajstić information content (AvgIpc) is 3.24. The van der Waals surface area contributed by atoms with Crippen LogP contribution >= 0.6 is 11.8 Å². The van der Waals surface area contributed by atoms with E-state index in [9.17, 15) is 19.7 Å². The molecule has 1 atom stereocenters. The maximum atomic E-state index is 15.2. The first-order chi connectivity index (χ1) is 19.8. The molecule has 0 bridgehead atoms. The van der Waals surface area contributed by atoms with Gasteiger partial charge in [0.05, 0.1) is 15.4 Å². The number of hydrogen-bond acceptors (Lipinski definition) is 5. The Morgan fingerprint density at radius 2 is 1.61 bits per heavy atom. The number of amides is 2. The largest absolute Gasteiger partial charge is 0.350 e. The Balaban J connectivity index is 1.38. The predicted octanol–water partition coefficient (Wildman–Crippen LogP) is 7.12. The minimum atomic E-state index is -0.809. The van der Waals surface area contributed by atoms with Crippen molar-refractivity contribution < 1.29 is 18.9 Å². The van der Waals surface area contributed by atoms with Crippen LogP contribution in [0.3, 0.4) is 0 Å². The number of nitrogens with one attached hydrogen (secondary N) is 1. The van der Waals surface area contributed by atoms with E-state index in [1.165, 1.54) is 0 Å². The van der Waals surface area contributed by atoms with E-state index in [2.05, 4.69) is 11.4 Å². The summed E-state index contributed by atoms with van der Waals surface area (Å²) in [6.45, 7) is 0.307. The summed E-state index contributed by atoms with van der Waals surface area (Å²) >= 11 is 1.75. The normalized spacial score (nSPS) is 21.3. The summed E-state index contributed by atoms with van der Waals surface area (Å²) in [6, 6.07) is 16.4. The Kier molecular flexibility index (Phi) is 7.49. The highest BCUT2D eigenvalue weighted by Gasteiger charge is 2.64. The van der Waals surface area contributed by atoms with E-state index in [0.29, 0.717) is 6.54 Å². The van der Waals surface area contributed by atoms with Crippen LogP contribution in [0, 0.1) is 15.9 Å². The molecular weight excluding hydrogens is 541 g/mol. The van der Waals surface area contributed by atoms with Gasteiger partial charge in [0.15, 0.2) is 0 Å². The highest BCUT2D eigenvalue weighted by Crippen LogP contribution is 2.62. The van der Waals surface area contributed by atoms with Crippen molar-refractivity contribution in [3.63, 3.8) is 0 Å². The van der Waals surface area contributed by atoms with Crippen LogP contribution in [0.5, 0.6) is 0 Å². The topological polar surface area (TPSA) is 92.6 Å². The van der Waals surface area contributed by atoms with Crippen molar-refractivity contribution in [1.29, 1.82) is 0 Å². The Labute approximate surface area is 243 Å². The van der Waals surface area contributed by atoms with Crippen molar-refractivity contribution >= 4 is 40.0 Å². The molecule has 3 fully saturated rings. The molecule has 3 aromatic rings. The molecule has 1 unspecified atom stereocenters. The van der Waals surface area contributed by atoms with Gasteiger partial charge < -0.3 is 10.2 Å². The molecule has 9 heteroatoms. The van der Waals surface area contributed by atoms with Gasteiger partial charge >= 0.3 is 0 Å². The molecule has 214 valence electrons. The minimum Gasteiger partial charge on any atom is -0.350 e. The lowest BCUT2D eigenvalue weighted by Gasteiger charge is -2.42. The van der Waals surface area contributed by atoms with Crippen molar-refractivity contribution in [3.05, 3.63) is 87.7 Å². The fourth-order valence-electron chi connectivity index (χ4n) is 7.14. The maximum Gasteiger partial charge on any atom is 0.270 e. The minimum absolute atomic E-state index is 0.241. The number of thioether (sulfide) groups is 1. The van der Waals surface area contributed by atoms with Gasteiger partial charge in [-0.15, -0.1) is 11.8 Å². The van der Waals surface area contributed by atoms with Gasteiger partial charge in [0.1, 0.15) is 11.9 Å². The first-order valence-electron chi connectivity index (χ1n) is 14.6. The Hall–Kier alpha value is -3.46. The van der Waals surface area contributed by atoms with Crippen LogP contribution in [0.2, 0.25) is 0 Å². The monoisotopic (exact) mass is 575 g/mol. The number of benzene rings is 3. The molecule has 0 radical (unpaired) electrons. The summed E-state index contributed by atoms with van der Waals surface area (Å²) in [7, 11) is 0. The molecule has 6 rings (SSSR count). The highest BCUT2D eigenvalue weighted by molar-refractivity contribution is 8.02. The van der Waals surface area contributed by atoms with E-state index in [0.717, 1.165) is 98.7 Å². The zero-order valence-corrected chi connectivity index (χ0v) is 23.8. The molecule has 0 aromatic heterocycles. The number of carbonyl (C=O) groups is 2. The molecule has 3 aliphatic rings. The molecule has 1 saturated heterocycles. The Bertz CT molecular complexity index is 1500. The number of hydrogen-bond donors (Lipinski definition) is 1. The van der Waals surface area contributed by atoms with E-state index in [1.54, 1.807) is 16.7 Å². The molecule has 2 aliphatic carbocycles. The molecule has 41 heavy (non-hydrogen) atoms. The lowest BCUT2D eigenvalue weighted by molar-refractivity contribution is -0.384. The third-order valence-corrected chi connectivity index (χ3v) is 11.1. The molecule has 3 aromatic carbocycles. The summed E-state index contributed by atoms with van der Waals surface area (Å²) in [6.07, 6.45) is 8.91. The standard InChI is InChI=1S/C32H34FN3O4S/c33-27-14-13-25(36(39)40)20-26(27)30(38)35-28(29(37)34-21-22-11-12-23-9-3-4-10-24(23)19-22)31(15-5-1-6-16-31)41-32(35)17-7-2-8-18-32/h3-4,9-14,19-20,28H,1-2,5-8,15-18,21H2,(H,34,37). The van der Waals surface area contributed by atoms with Gasteiger partial charge in [-0.2, -0.15) is 0 Å². The number of non-ortho nitro benzene ring substituents is 1. The summed E-state index contributed by atoms with van der Waals surface area (Å²) < 4.78 is 14.7. The predicted molar refractivity (Wildman–Crippen MR) is 158 cm³/mol. The number of nitro benzene ring substituents is 1. The van der Waals surface area contributed by atoms with Crippen LogP contribution < -0.4 is 5.32 Å². The second-order valence-electron chi connectivity index (χ2n) is 11.6. The number of rotatable bonds is 5. The van der Waals surface area contributed by atoms with Crippen molar-refractivity contribution in [1.82, 2.24) is 10.2 Å². The second-order valence-corrected chi connectivity index (χ2v) is 13.4. The lowest BCUT2D eigenvalue weighted by Crippen LogP contribution is -2.59. The molecular formula is C32H34FN3O4S. The zero-order chi connectivity index (χ0) is 28.6. The Morgan fingerprint density at radius 1 is 0.927 bits per heavy atom. The zero-order valence-electron chi connectivity index (χ0n) is 22.9. The lowest BCUT2D eigenvalue weighted by atomic mass is 9.80. The van der Waals surface area contributed by atoms with Gasteiger partial charge in [0, 0.05) is 23.4 Å².